The van der Waals surface area contributed by atoms with Gasteiger partial charge in [-0.05, 0) is 41.5 Å². The predicted molar refractivity (Wildman–Crippen MR) is 129 cm³/mol. The number of nitrogens with one attached hydrogen (secondary N) is 1. The number of nitrogens with zero attached hydrogens (tertiary/aromatic N) is 1. The van der Waals surface area contributed by atoms with Crippen LogP contribution < -0.4 is 10.1 Å². The van der Waals surface area contributed by atoms with Crippen LogP contribution in [0.2, 0.25) is 0 Å². The van der Waals surface area contributed by atoms with E-state index < -0.39 is 0 Å². The van der Waals surface area contributed by atoms with Gasteiger partial charge in [-0.3, -0.25) is 0 Å². The molecule has 160 valence electrons. The molecule has 32 heavy (non-hydrogen) atoms. The van der Waals surface area contributed by atoms with Crippen LogP contribution in [-0.2, 0) is 13.1 Å². The molecule has 0 fully saturated rings. The summed E-state index contributed by atoms with van der Waals surface area (Å²) in [6, 6.07) is 31.9. The first-order chi connectivity index (χ1) is 15.8. The second-order valence-corrected chi connectivity index (χ2v) is 7.89. The van der Waals surface area contributed by atoms with E-state index >= 15 is 0 Å². The van der Waals surface area contributed by atoms with E-state index in [9.17, 15) is 4.39 Å². The molecule has 0 aliphatic carbocycles. The Labute approximate surface area is 187 Å². The van der Waals surface area contributed by atoms with Crippen molar-refractivity contribution in [3.05, 3.63) is 114 Å². The molecule has 0 amide bonds. The normalized spacial score (nSPS) is 11.3. The van der Waals surface area contributed by atoms with E-state index in [0.717, 1.165) is 23.2 Å². The van der Waals surface area contributed by atoms with E-state index in [1.807, 2.05) is 12.1 Å². The Kier molecular flexibility index (Phi) is 5.86. The summed E-state index contributed by atoms with van der Waals surface area (Å²) >= 11 is 0. The quantitative estimate of drug-likeness (QED) is 0.302. The Morgan fingerprint density at radius 3 is 2.31 bits per heavy atom. The molecule has 0 saturated carbocycles. The monoisotopic (exact) mass is 424 g/mol. The maximum Gasteiger partial charge on any atom is 0.129 e. The van der Waals surface area contributed by atoms with Gasteiger partial charge in [0.15, 0.2) is 0 Å². The highest BCUT2D eigenvalue weighted by atomic mass is 19.1. The van der Waals surface area contributed by atoms with E-state index in [1.54, 1.807) is 12.1 Å². The summed E-state index contributed by atoms with van der Waals surface area (Å²) < 4.78 is 21.6. The lowest BCUT2D eigenvalue weighted by Gasteiger charge is -2.10. The van der Waals surface area contributed by atoms with Crippen LogP contribution in [-0.4, -0.2) is 17.7 Å². The van der Waals surface area contributed by atoms with E-state index in [4.69, 9.17) is 4.74 Å². The number of para-hydroxylation sites is 1. The van der Waals surface area contributed by atoms with Crippen molar-refractivity contribution < 1.29 is 9.13 Å². The molecule has 5 aromatic rings. The summed E-state index contributed by atoms with van der Waals surface area (Å²) in [5.74, 6) is 0.686. The summed E-state index contributed by atoms with van der Waals surface area (Å²) in [5, 5.41) is 5.71. The molecule has 5 rings (SSSR count). The number of aromatic nitrogens is 1. The van der Waals surface area contributed by atoms with Crippen molar-refractivity contribution in [3.63, 3.8) is 0 Å². The summed E-state index contributed by atoms with van der Waals surface area (Å²) in [4.78, 5) is 0. The van der Waals surface area contributed by atoms with Crippen molar-refractivity contribution in [2.45, 2.75) is 13.1 Å². The zero-order chi connectivity index (χ0) is 21.8. The zero-order valence-corrected chi connectivity index (χ0v) is 17.8. The van der Waals surface area contributed by atoms with Crippen molar-refractivity contribution in [1.29, 1.82) is 0 Å². The van der Waals surface area contributed by atoms with Crippen molar-refractivity contribution in [2.75, 3.05) is 13.2 Å². The van der Waals surface area contributed by atoms with E-state index in [1.165, 1.54) is 34.1 Å². The van der Waals surface area contributed by atoms with E-state index in [-0.39, 0.29) is 5.82 Å². The molecule has 0 aliphatic rings. The van der Waals surface area contributed by atoms with Crippen LogP contribution in [0.25, 0.3) is 21.8 Å². The molecule has 0 atom stereocenters. The average Bonchev–Trinajstić information content (AvgIpc) is 3.15. The van der Waals surface area contributed by atoms with Crippen LogP contribution in [0.1, 0.15) is 11.1 Å². The SMILES string of the molecule is Fc1ccc(CNCCOc2cccc3c2c2ccccc2n3Cc2ccccc2)cc1. The molecule has 3 nitrogen and oxygen atoms in total. The topological polar surface area (TPSA) is 26.2 Å². The van der Waals surface area contributed by atoms with Gasteiger partial charge in [-0.25, -0.2) is 4.39 Å². The predicted octanol–water partition coefficient (Wildman–Crippen LogP) is 6.15. The first kappa shape index (κ1) is 20.3. The smallest absolute Gasteiger partial charge is 0.129 e. The summed E-state index contributed by atoms with van der Waals surface area (Å²) in [7, 11) is 0. The Balaban J connectivity index is 1.36. The molecule has 0 unspecified atom stereocenters. The number of fused-ring (bicyclic) bond motifs is 3. The molecule has 1 N–H and O–H groups in total. The molecule has 0 radical (unpaired) electrons. The lowest BCUT2D eigenvalue weighted by molar-refractivity contribution is 0.317. The van der Waals surface area contributed by atoms with Crippen molar-refractivity contribution in [3.8, 4) is 5.75 Å². The lowest BCUT2D eigenvalue weighted by Crippen LogP contribution is -2.20. The summed E-state index contributed by atoms with van der Waals surface area (Å²) in [6.07, 6.45) is 0. The Hall–Kier alpha value is -3.63. The number of benzene rings is 4. The van der Waals surface area contributed by atoms with Gasteiger partial charge in [0.1, 0.15) is 18.2 Å². The first-order valence-electron chi connectivity index (χ1n) is 10.9. The Bertz CT molecular complexity index is 1330. The van der Waals surface area contributed by atoms with Crippen molar-refractivity contribution >= 4 is 21.8 Å². The van der Waals surface area contributed by atoms with E-state index in [0.29, 0.717) is 19.7 Å². The third-order valence-electron chi connectivity index (χ3n) is 5.72. The third kappa shape index (κ3) is 4.23. The largest absolute Gasteiger partial charge is 0.492 e. The minimum atomic E-state index is -0.211. The second-order valence-electron chi connectivity index (χ2n) is 7.89. The second kappa shape index (κ2) is 9.25. The average molecular weight is 425 g/mol. The van der Waals surface area contributed by atoms with Crippen LogP contribution in [0.4, 0.5) is 4.39 Å². The highest BCUT2D eigenvalue weighted by Crippen LogP contribution is 2.36. The number of ether oxygens (including phenoxy) is 1. The van der Waals surface area contributed by atoms with Gasteiger partial charge in [0.05, 0.1) is 5.52 Å². The van der Waals surface area contributed by atoms with Crippen LogP contribution in [0.5, 0.6) is 5.75 Å². The number of hydrogen-bond donors (Lipinski definition) is 1. The highest BCUT2D eigenvalue weighted by Gasteiger charge is 2.14. The summed E-state index contributed by atoms with van der Waals surface area (Å²) in [5.41, 5.74) is 4.70. The molecular weight excluding hydrogens is 399 g/mol. The van der Waals surface area contributed by atoms with Gasteiger partial charge in [-0.1, -0.05) is 66.7 Å². The lowest BCUT2D eigenvalue weighted by atomic mass is 10.1. The van der Waals surface area contributed by atoms with Gasteiger partial charge in [-0.15, -0.1) is 0 Å². The minimum absolute atomic E-state index is 0.211. The molecule has 0 saturated heterocycles. The van der Waals surface area contributed by atoms with Gasteiger partial charge in [-0.2, -0.15) is 0 Å². The molecule has 0 spiro atoms. The van der Waals surface area contributed by atoms with E-state index in [2.05, 4.69) is 70.5 Å². The Morgan fingerprint density at radius 2 is 1.47 bits per heavy atom. The third-order valence-corrected chi connectivity index (χ3v) is 5.72. The van der Waals surface area contributed by atoms with Crippen LogP contribution in [0, 0.1) is 5.82 Å². The number of rotatable bonds is 8. The molecule has 0 bridgehead atoms. The van der Waals surface area contributed by atoms with Gasteiger partial charge >= 0.3 is 0 Å². The maximum absolute atomic E-state index is 13.0. The van der Waals surface area contributed by atoms with Crippen molar-refractivity contribution in [1.82, 2.24) is 9.88 Å². The molecule has 4 heteroatoms. The molecule has 4 aromatic carbocycles. The fourth-order valence-electron chi connectivity index (χ4n) is 4.19. The van der Waals surface area contributed by atoms with Gasteiger partial charge in [0, 0.05) is 35.9 Å². The number of hydrogen-bond acceptors (Lipinski definition) is 2. The summed E-state index contributed by atoms with van der Waals surface area (Å²) in [6.45, 7) is 2.76. The minimum Gasteiger partial charge on any atom is -0.492 e. The fourth-order valence-corrected chi connectivity index (χ4v) is 4.19. The molecule has 0 aliphatic heterocycles. The van der Waals surface area contributed by atoms with Crippen LogP contribution >= 0.6 is 0 Å². The maximum atomic E-state index is 13.0. The first-order valence-corrected chi connectivity index (χ1v) is 10.9. The van der Waals surface area contributed by atoms with Crippen LogP contribution in [0.3, 0.4) is 0 Å². The van der Waals surface area contributed by atoms with Gasteiger partial charge in [0.2, 0.25) is 0 Å². The zero-order valence-electron chi connectivity index (χ0n) is 17.8. The molecular formula is C28H25FN2O. The fraction of sp³-hybridized carbons (Fsp3) is 0.143. The molecule has 1 heterocycles. The molecule has 1 aromatic heterocycles. The highest BCUT2D eigenvalue weighted by molar-refractivity contribution is 6.11. The van der Waals surface area contributed by atoms with Crippen molar-refractivity contribution in [2.24, 2.45) is 0 Å². The van der Waals surface area contributed by atoms with Crippen LogP contribution in [0.15, 0.2) is 97.1 Å². The number of halogens is 1. The standard InChI is InChI=1S/C28H25FN2O/c29-23-15-13-21(14-16-23)19-30-17-18-32-27-12-6-11-26-28(27)24-9-4-5-10-25(24)31(26)20-22-7-2-1-3-8-22/h1-16,30H,17-20H2. The van der Waals surface area contributed by atoms with Gasteiger partial charge in [0.25, 0.3) is 0 Å². The van der Waals surface area contributed by atoms with Gasteiger partial charge < -0.3 is 14.6 Å². The Morgan fingerprint density at radius 1 is 0.719 bits per heavy atom.